The zero-order valence-electron chi connectivity index (χ0n) is 10.8. The van der Waals surface area contributed by atoms with Crippen molar-refractivity contribution in [2.24, 2.45) is 0 Å². The first kappa shape index (κ1) is 18.7. The lowest BCUT2D eigenvalue weighted by Crippen LogP contribution is -2.03. The van der Waals surface area contributed by atoms with Gasteiger partial charge in [0.05, 0.1) is 19.8 Å². The molecule has 0 spiro atoms. The quantitative estimate of drug-likeness (QED) is 0.452. The number of carbonyl (C=O) groups excluding carboxylic acids is 1. The maximum atomic E-state index is 10.5. The van der Waals surface area contributed by atoms with Crippen LogP contribution in [0, 0.1) is 0 Å². The molecule has 0 aliphatic rings. The predicted molar refractivity (Wildman–Crippen MR) is 64.5 cm³/mol. The summed E-state index contributed by atoms with van der Waals surface area (Å²) in [5.41, 5.74) is 0.451. The fourth-order valence-electron chi connectivity index (χ4n) is 0.618. The number of hydrogen-bond donors (Lipinski definition) is 1. The molecule has 17 heavy (non-hydrogen) atoms. The molecule has 0 radical (unpaired) electrons. The number of esters is 1. The highest BCUT2D eigenvalue weighted by atomic mass is 31.2. The first-order valence-electron chi connectivity index (χ1n) is 5.25. The van der Waals surface area contributed by atoms with E-state index >= 15 is 0 Å². The fourth-order valence-corrected chi connectivity index (χ4v) is 1.34. The van der Waals surface area contributed by atoms with E-state index in [0.717, 1.165) is 0 Å². The molecule has 0 atom stereocenters. The summed E-state index contributed by atoms with van der Waals surface area (Å²) < 4.78 is 23.8. The summed E-state index contributed by atoms with van der Waals surface area (Å²) in [6.45, 7) is 10.8. The molecule has 1 N–H and O–H groups in total. The van der Waals surface area contributed by atoms with Crippen LogP contribution in [0.5, 0.6) is 0 Å². The van der Waals surface area contributed by atoms with Gasteiger partial charge in [-0.2, -0.15) is 0 Å². The number of phosphoric ester groups is 1. The second-order valence-corrected chi connectivity index (χ2v) is 4.26. The van der Waals surface area contributed by atoms with Gasteiger partial charge in [-0.1, -0.05) is 6.58 Å². The SMILES string of the molecule is C=C(C)C(=O)OCC.CCOP(=O)(O)OCC. The van der Waals surface area contributed by atoms with Gasteiger partial charge < -0.3 is 9.63 Å². The van der Waals surface area contributed by atoms with Crippen molar-refractivity contribution in [1.82, 2.24) is 0 Å². The highest BCUT2D eigenvalue weighted by molar-refractivity contribution is 7.47. The molecule has 6 nitrogen and oxygen atoms in total. The van der Waals surface area contributed by atoms with Crippen LogP contribution in [0.4, 0.5) is 0 Å². The normalized spacial score (nSPS) is 10.2. The Morgan fingerprint density at radius 2 is 1.59 bits per heavy atom. The molecule has 0 bridgehead atoms. The second-order valence-electron chi connectivity index (χ2n) is 2.80. The number of ether oxygens (including phenoxy) is 1. The van der Waals surface area contributed by atoms with Gasteiger partial charge in [-0.15, -0.1) is 0 Å². The third-order valence-corrected chi connectivity index (χ3v) is 2.38. The van der Waals surface area contributed by atoms with Gasteiger partial charge in [-0.05, 0) is 27.7 Å². The average Bonchev–Trinajstić information content (AvgIpc) is 2.18. The van der Waals surface area contributed by atoms with Gasteiger partial charge in [-0.25, -0.2) is 9.36 Å². The van der Waals surface area contributed by atoms with Crippen molar-refractivity contribution in [2.45, 2.75) is 27.7 Å². The van der Waals surface area contributed by atoms with Crippen LogP contribution in [-0.4, -0.2) is 30.7 Å². The van der Waals surface area contributed by atoms with Crippen LogP contribution >= 0.6 is 7.82 Å². The summed E-state index contributed by atoms with van der Waals surface area (Å²) >= 11 is 0. The van der Waals surface area contributed by atoms with Gasteiger partial charge >= 0.3 is 13.8 Å². The van der Waals surface area contributed by atoms with E-state index < -0.39 is 7.82 Å². The van der Waals surface area contributed by atoms with Gasteiger partial charge in [0.25, 0.3) is 0 Å². The first-order chi connectivity index (χ1) is 7.80. The molecule has 0 unspecified atom stereocenters. The summed E-state index contributed by atoms with van der Waals surface area (Å²) in [6, 6.07) is 0. The molecule has 0 fully saturated rings. The van der Waals surface area contributed by atoms with Gasteiger partial charge in [-0.3, -0.25) is 9.05 Å². The Morgan fingerprint density at radius 3 is 1.76 bits per heavy atom. The Labute approximate surface area is 102 Å². The molecule has 7 heteroatoms. The van der Waals surface area contributed by atoms with Crippen LogP contribution in [-0.2, 0) is 23.1 Å². The van der Waals surface area contributed by atoms with Crippen molar-refractivity contribution in [3.8, 4) is 0 Å². The molecule has 0 saturated heterocycles. The van der Waals surface area contributed by atoms with Gasteiger partial charge in [0.1, 0.15) is 0 Å². The third-order valence-electron chi connectivity index (χ3n) is 1.21. The fraction of sp³-hybridized carbons (Fsp3) is 0.700. The van der Waals surface area contributed by atoms with E-state index in [-0.39, 0.29) is 19.2 Å². The van der Waals surface area contributed by atoms with Crippen LogP contribution in [0.15, 0.2) is 12.2 Å². The molecule has 0 aromatic carbocycles. The summed E-state index contributed by atoms with van der Waals surface area (Å²) in [6.07, 6.45) is 0. The maximum Gasteiger partial charge on any atom is 0.472 e. The molecule has 0 saturated carbocycles. The van der Waals surface area contributed by atoms with Crippen molar-refractivity contribution >= 4 is 13.8 Å². The molecule has 0 aliphatic carbocycles. The molecular formula is C10H21O6P. The largest absolute Gasteiger partial charge is 0.472 e. The van der Waals surface area contributed by atoms with Crippen molar-refractivity contribution in [3.63, 3.8) is 0 Å². The zero-order chi connectivity index (χ0) is 13.9. The second kappa shape index (κ2) is 10.5. The van der Waals surface area contributed by atoms with Gasteiger partial charge in [0.2, 0.25) is 0 Å². The smallest absolute Gasteiger partial charge is 0.463 e. The number of carbonyl (C=O) groups is 1. The van der Waals surface area contributed by atoms with Crippen LogP contribution in [0.3, 0.4) is 0 Å². The Kier molecular flexibility index (Phi) is 11.5. The molecule has 0 aliphatic heterocycles. The number of hydrogen-bond acceptors (Lipinski definition) is 5. The lowest BCUT2D eigenvalue weighted by atomic mass is 10.4. The van der Waals surface area contributed by atoms with Crippen LogP contribution in [0.1, 0.15) is 27.7 Å². The minimum Gasteiger partial charge on any atom is -0.463 e. The van der Waals surface area contributed by atoms with Crippen molar-refractivity contribution in [1.29, 1.82) is 0 Å². The molecule has 102 valence electrons. The minimum absolute atomic E-state index is 0.188. The summed E-state index contributed by atoms with van der Waals surface area (Å²) in [7, 11) is -3.69. The molecule has 0 heterocycles. The minimum atomic E-state index is -3.69. The van der Waals surface area contributed by atoms with Gasteiger partial charge in [0.15, 0.2) is 0 Å². The highest BCUT2D eigenvalue weighted by Crippen LogP contribution is 2.42. The number of rotatable bonds is 6. The monoisotopic (exact) mass is 268 g/mol. The van der Waals surface area contributed by atoms with E-state index in [2.05, 4.69) is 20.4 Å². The Hall–Kier alpha value is -0.680. The molecule has 0 aromatic rings. The first-order valence-corrected chi connectivity index (χ1v) is 6.74. The average molecular weight is 268 g/mol. The van der Waals surface area contributed by atoms with E-state index in [0.29, 0.717) is 12.2 Å². The lowest BCUT2D eigenvalue weighted by Gasteiger charge is -2.07. The molecule has 0 rings (SSSR count). The summed E-state index contributed by atoms with van der Waals surface area (Å²) in [5, 5.41) is 0. The summed E-state index contributed by atoms with van der Waals surface area (Å²) in [5.74, 6) is -0.312. The summed E-state index contributed by atoms with van der Waals surface area (Å²) in [4.78, 5) is 19.0. The highest BCUT2D eigenvalue weighted by Gasteiger charge is 2.17. The molecular weight excluding hydrogens is 247 g/mol. The van der Waals surface area contributed by atoms with E-state index in [4.69, 9.17) is 4.89 Å². The molecule has 0 aromatic heterocycles. The van der Waals surface area contributed by atoms with E-state index in [1.807, 2.05) is 0 Å². The topological polar surface area (TPSA) is 82.1 Å². The van der Waals surface area contributed by atoms with Crippen LogP contribution < -0.4 is 0 Å². The predicted octanol–water partition coefficient (Wildman–Crippen LogP) is 2.29. The van der Waals surface area contributed by atoms with E-state index in [1.165, 1.54) is 0 Å². The Bertz CT molecular complexity index is 266. The van der Waals surface area contributed by atoms with E-state index in [1.54, 1.807) is 27.7 Å². The molecule has 0 amide bonds. The zero-order valence-corrected chi connectivity index (χ0v) is 11.7. The van der Waals surface area contributed by atoms with Crippen molar-refractivity contribution in [2.75, 3.05) is 19.8 Å². The standard InChI is InChI=1S/C6H10O2.C4H11O4P/c1-4-8-6(7)5(2)3;1-3-7-9(5,6)8-4-2/h2,4H2,1,3H3;3-4H2,1-2H3,(H,5,6). The Balaban J connectivity index is 0. The Morgan fingerprint density at radius 1 is 1.18 bits per heavy atom. The maximum absolute atomic E-state index is 10.5. The van der Waals surface area contributed by atoms with Gasteiger partial charge in [0, 0.05) is 5.57 Å². The van der Waals surface area contributed by atoms with Crippen LogP contribution in [0.25, 0.3) is 0 Å². The van der Waals surface area contributed by atoms with Crippen molar-refractivity contribution < 1.29 is 28.0 Å². The van der Waals surface area contributed by atoms with E-state index in [9.17, 15) is 9.36 Å². The number of phosphoric acid groups is 1. The lowest BCUT2D eigenvalue weighted by molar-refractivity contribution is -0.138. The van der Waals surface area contributed by atoms with Crippen LogP contribution in [0.2, 0.25) is 0 Å². The van der Waals surface area contributed by atoms with Crippen molar-refractivity contribution in [3.05, 3.63) is 12.2 Å². The third kappa shape index (κ3) is 13.3.